The minimum absolute atomic E-state index is 0.470. The molecule has 98 valence electrons. The van der Waals surface area contributed by atoms with Crippen LogP contribution in [0.25, 0.3) is 5.65 Å². The van der Waals surface area contributed by atoms with E-state index < -0.39 is 0 Å². The predicted octanol–water partition coefficient (Wildman–Crippen LogP) is 2.46. The minimum atomic E-state index is 0.470. The summed E-state index contributed by atoms with van der Waals surface area (Å²) >= 11 is 1.43. The van der Waals surface area contributed by atoms with Crippen molar-refractivity contribution >= 4 is 28.9 Å². The van der Waals surface area contributed by atoms with Gasteiger partial charge in [-0.15, -0.1) is 11.8 Å². The number of fused-ring (bicyclic) bond motifs is 1. The van der Waals surface area contributed by atoms with Gasteiger partial charge in [-0.05, 0) is 18.4 Å². The van der Waals surface area contributed by atoms with Gasteiger partial charge in [0.1, 0.15) is 16.7 Å². The molecular weight excluding hydrogens is 272 g/mol. The summed E-state index contributed by atoms with van der Waals surface area (Å²) in [4.78, 5) is 8.46. The number of rotatable bonds is 3. The van der Waals surface area contributed by atoms with Crippen LogP contribution >= 0.6 is 11.8 Å². The van der Waals surface area contributed by atoms with E-state index in [0.717, 1.165) is 5.69 Å². The molecular formula is C13H10N6S. The quantitative estimate of drug-likeness (QED) is 0.587. The van der Waals surface area contributed by atoms with Crippen LogP contribution < -0.4 is 5.32 Å². The number of anilines is 2. The molecule has 0 spiro atoms. The third-order valence-electron chi connectivity index (χ3n) is 2.73. The molecule has 0 fully saturated rings. The minimum Gasteiger partial charge on any atom is -0.338 e. The van der Waals surface area contributed by atoms with Crippen LogP contribution in [0.2, 0.25) is 0 Å². The number of thioether (sulfide) groups is 1. The molecule has 3 aromatic rings. The molecule has 7 heteroatoms. The van der Waals surface area contributed by atoms with Crippen LogP contribution in [0.1, 0.15) is 5.56 Å². The highest BCUT2D eigenvalue weighted by Gasteiger charge is 2.15. The molecule has 0 aliphatic rings. The van der Waals surface area contributed by atoms with Gasteiger partial charge >= 0.3 is 0 Å². The lowest BCUT2D eigenvalue weighted by Crippen LogP contribution is -2.06. The standard InChI is InChI=1S/C13H10N6S/c1-20-13-10(7-14)12(17-9-3-2-5-15-8-9)19-11(18-13)4-6-16-19/h2-6,8,17H,1H3. The summed E-state index contributed by atoms with van der Waals surface area (Å²) in [5, 5.41) is 17.5. The summed E-state index contributed by atoms with van der Waals surface area (Å²) in [6, 6.07) is 7.69. The number of hydrogen-bond acceptors (Lipinski definition) is 6. The fraction of sp³-hybridized carbons (Fsp3) is 0.0769. The first-order valence-corrected chi connectivity index (χ1v) is 7.05. The van der Waals surface area contributed by atoms with E-state index in [1.807, 2.05) is 18.4 Å². The van der Waals surface area contributed by atoms with Gasteiger partial charge in [-0.3, -0.25) is 4.98 Å². The Morgan fingerprint density at radius 3 is 2.95 bits per heavy atom. The molecule has 3 heterocycles. The second kappa shape index (κ2) is 5.19. The van der Waals surface area contributed by atoms with Crippen molar-refractivity contribution in [1.82, 2.24) is 19.6 Å². The van der Waals surface area contributed by atoms with Crippen LogP contribution in [0.15, 0.2) is 41.8 Å². The van der Waals surface area contributed by atoms with Crippen molar-refractivity contribution in [2.45, 2.75) is 5.03 Å². The number of aromatic nitrogens is 4. The van der Waals surface area contributed by atoms with E-state index in [2.05, 4.69) is 26.5 Å². The van der Waals surface area contributed by atoms with Gasteiger partial charge in [-0.25, -0.2) is 4.98 Å². The average molecular weight is 282 g/mol. The Morgan fingerprint density at radius 1 is 1.35 bits per heavy atom. The van der Waals surface area contributed by atoms with Gasteiger partial charge in [0.25, 0.3) is 0 Å². The smallest absolute Gasteiger partial charge is 0.158 e. The highest BCUT2D eigenvalue weighted by atomic mass is 32.2. The van der Waals surface area contributed by atoms with Gasteiger partial charge in [0, 0.05) is 12.3 Å². The average Bonchev–Trinajstić information content (AvgIpc) is 2.96. The Balaban J connectivity index is 2.21. The molecule has 0 bridgehead atoms. The van der Waals surface area contributed by atoms with Gasteiger partial charge in [0.15, 0.2) is 11.5 Å². The van der Waals surface area contributed by atoms with E-state index in [1.165, 1.54) is 11.8 Å². The molecule has 6 nitrogen and oxygen atoms in total. The fourth-order valence-electron chi connectivity index (χ4n) is 1.86. The van der Waals surface area contributed by atoms with Crippen LogP contribution in [0.3, 0.4) is 0 Å². The van der Waals surface area contributed by atoms with Crippen molar-refractivity contribution in [1.29, 1.82) is 5.26 Å². The molecule has 0 aromatic carbocycles. The fourth-order valence-corrected chi connectivity index (χ4v) is 2.39. The van der Waals surface area contributed by atoms with Gasteiger partial charge in [0.05, 0.1) is 18.1 Å². The van der Waals surface area contributed by atoms with Crippen molar-refractivity contribution in [2.24, 2.45) is 0 Å². The topological polar surface area (TPSA) is 78.9 Å². The van der Waals surface area contributed by atoms with Crippen molar-refractivity contribution < 1.29 is 0 Å². The van der Waals surface area contributed by atoms with E-state index in [0.29, 0.717) is 22.1 Å². The Bertz CT molecular complexity index is 790. The van der Waals surface area contributed by atoms with Crippen molar-refractivity contribution in [3.8, 4) is 6.07 Å². The zero-order valence-corrected chi connectivity index (χ0v) is 11.4. The van der Waals surface area contributed by atoms with Crippen molar-refractivity contribution in [2.75, 3.05) is 11.6 Å². The predicted molar refractivity (Wildman–Crippen MR) is 77.0 cm³/mol. The molecule has 0 atom stereocenters. The summed E-state index contributed by atoms with van der Waals surface area (Å²) in [7, 11) is 0. The monoisotopic (exact) mass is 282 g/mol. The molecule has 0 radical (unpaired) electrons. The zero-order valence-electron chi connectivity index (χ0n) is 10.6. The Kier molecular flexibility index (Phi) is 3.23. The van der Waals surface area contributed by atoms with Gasteiger partial charge in [0.2, 0.25) is 0 Å². The van der Waals surface area contributed by atoms with E-state index in [1.54, 1.807) is 29.2 Å². The normalized spacial score (nSPS) is 10.4. The van der Waals surface area contributed by atoms with Crippen LogP contribution in [0, 0.1) is 11.3 Å². The lowest BCUT2D eigenvalue weighted by molar-refractivity contribution is 0.916. The molecule has 0 aliphatic heterocycles. The second-order valence-corrected chi connectivity index (χ2v) is 4.72. The molecule has 0 saturated carbocycles. The Hall–Kier alpha value is -2.59. The largest absolute Gasteiger partial charge is 0.338 e. The van der Waals surface area contributed by atoms with Gasteiger partial charge in [-0.2, -0.15) is 14.9 Å². The Morgan fingerprint density at radius 2 is 2.25 bits per heavy atom. The van der Waals surface area contributed by atoms with Crippen LogP contribution in [-0.4, -0.2) is 25.8 Å². The highest BCUT2D eigenvalue weighted by molar-refractivity contribution is 7.98. The maximum absolute atomic E-state index is 9.41. The third-order valence-corrected chi connectivity index (χ3v) is 3.41. The number of pyridine rings is 1. The molecule has 0 amide bonds. The molecule has 0 unspecified atom stereocenters. The molecule has 3 rings (SSSR count). The maximum atomic E-state index is 9.41. The first kappa shape index (κ1) is 12.4. The number of hydrogen-bond donors (Lipinski definition) is 1. The van der Waals surface area contributed by atoms with Gasteiger partial charge < -0.3 is 5.32 Å². The van der Waals surface area contributed by atoms with E-state index in [4.69, 9.17) is 0 Å². The summed E-state index contributed by atoms with van der Waals surface area (Å²) in [6.07, 6.45) is 6.93. The summed E-state index contributed by atoms with van der Waals surface area (Å²) in [5.74, 6) is 0.597. The Labute approximate surface area is 119 Å². The van der Waals surface area contributed by atoms with Crippen LogP contribution in [0.4, 0.5) is 11.5 Å². The molecule has 3 aromatic heterocycles. The maximum Gasteiger partial charge on any atom is 0.158 e. The lowest BCUT2D eigenvalue weighted by Gasteiger charge is -2.11. The molecule has 20 heavy (non-hydrogen) atoms. The first-order valence-electron chi connectivity index (χ1n) is 5.82. The summed E-state index contributed by atoms with van der Waals surface area (Å²) < 4.78 is 1.62. The third kappa shape index (κ3) is 2.06. The highest BCUT2D eigenvalue weighted by Crippen LogP contribution is 2.27. The first-order chi connectivity index (χ1) is 9.83. The zero-order chi connectivity index (χ0) is 13.9. The summed E-state index contributed by atoms with van der Waals surface area (Å²) in [6.45, 7) is 0. The summed E-state index contributed by atoms with van der Waals surface area (Å²) in [5.41, 5.74) is 1.95. The number of nitrogens with one attached hydrogen (secondary N) is 1. The SMILES string of the molecule is CSc1nc2ccnn2c(Nc2cccnc2)c1C#N. The van der Waals surface area contributed by atoms with E-state index in [-0.39, 0.29) is 0 Å². The second-order valence-electron chi connectivity index (χ2n) is 3.92. The van der Waals surface area contributed by atoms with E-state index in [9.17, 15) is 5.26 Å². The lowest BCUT2D eigenvalue weighted by atomic mass is 10.3. The number of nitriles is 1. The molecule has 0 saturated heterocycles. The van der Waals surface area contributed by atoms with Crippen LogP contribution in [-0.2, 0) is 0 Å². The van der Waals surface area contributed by atoms with Crippen molar-refractivity contribution in [3.05, 3.63) is 42.4 Å². The van der Waals surface area contributed by atoms with Crippen LogP contribution in [0.5, 0.6) is 0 Å². The number of nitrogens with zero attached hydrogens (tertiary/aromatic N) is 5. The van der Waals surface area contributed by atoms with Crippen molar-refractivity contribution in [3.63, 3.8) is 0 Å². The molecule has 0 aliphatic carbocycles. The van der Waals surface area contributed by atoms with E-state index >= 15 is 0 Å². The molecule has 1 N–H and O–H groups in total. The van der Waals surface area contributed by atoms with Gasteiger partial charge in [-0.1, -0.05) is 0 Å².